The normalized spacial score (nSPS) is 20.5. The van der Waals surface area contributed by atoms with E-state index in [2.05, 4.69) is 11.7 Å². The maximum Gasteiger partial charge on any atom is 0.322 e. The summed E-state index contributed by atoms with van der Waals surface area (Å²) in [5, 5.41) is 0. The zero-order chi connectivity index (χ0) is 11.3. The SMILES string of the molecule is COC(=O)C(N)CCC(C)CC1CCC1. The van der Waals surface area contributed by atoms with Crippen molar-refractivity contribution in [3.8, 4) is 0 Å². The third-order valence-corrected chi connectivity index (χ3v) is 3.43. The summed E-state index contributed by atoms with van der Waals surface area (Å²) in [6, 6.07) is -0.432. The second-order valence-electron chi connectivity index (χ2n) is 4.84. The molecule has 0 amide bonds. The Bertz CT molecular complexity index is 202. The zero-order valence-corrected chi connectivity index (χ0v) is 9.87. The van der Waals surface area contributed by atoms with Gasteiger partial charge >= 0.3 is 5.97 Å². The van der Waals surface area contributed by atoms with Crippen molar-refractivity contribution in [2.45, 2.75) is 51.5 Å². The highest BCUT2D eigenvalue weighted by atomic mass is 16.5. The minimum Gasteiger partial charge on any atom is -0.468 e. The van der Waals surface area contributed by atoms with Crippen LogP contribution >= 0.6 is 0 Å². The second-order valence-corrected chi connectivity index (χ2v) is 4.84. The third-order valence-electron chi connectivity index (χ3n) is 3.43. The van der Waals surface area contributed by atoms with E-state index in [1.807, 2.05) is 0 Å². The minimum atomic E-state index is -0.432. The van der Waals surface area contributed by atoms with Gasteiger partial charge in [0, 0.05) is 0 Å². The highest BCUT2D eigenvalue weighted by Gasteiger charge is 2.21. The van der Waals surface area contributed by atoms with Crippen LogP contribution in [-0.2, 0) is 9.53 Å². The molecule has 0 aromatic carbocycles. The summed E-state index contributed by atoms with van der Waals surface area (Å²) in [7, 11) is 1.39. The molecule has 1 fully saturated rings. The van der Waals surface area contributed by atoms with Crippen molar-refractivity contribution in [2.24, 2.45) is 17.6 Å². The highest BCUT2D eigenvalue weighted by molar-refractivity contribution is 5.75. The van der Waals surface area contributed by atoms with Gasteiger partial charge in [-0.15, -0.1) is 0 Å². The van der Waals surface area contributed by atoms with E-state index in [0.29, 0.717) is 5.92 Å². The van der Waals surface area contributed by atoms with Gasteiger partial charge in [0.2, 0.25) is 0 Å². The van der Waals surface area contributed by atoms with Crippen LogP contribution in [-0.4, -0.2) is 19.1 Å². The number of carbonyl (C=O) groups excluding carboxylic acids is 1. The van der Waals surface area contributed by atoms with E-state index in [-0.39, 0.29) is 5.97 Å². The van der Waals surface area contributed by atoms with E-state index in [1.54, 1.807) is 0 Å². The van der Waals surface area contributed by atoms with Gasteiger partial charge in [0.25, 0.3) is 0 Å². The van der Waals surface area contributed by atoms with Crippen molar-refractivity contribution >= 4 is 5.97 Å². The lowest BCUT2D eigenvalue weighted by Crippen LogP contribution is -2.32. The molecule has 0 heterocycles. The topological polar surface area (TPSA) is 52.3 Å². The van der Waals surface area contributed by atoms with Crippen molar-refractivity contribution in [3.05, 3.63) is 0 Å². The highest BCUT2D eigenvalue weighted by Crippen LogP contribution is 2.33. The number of hydrogen-bond donors (Lipinski definition) is 1. The molecule has 0 saturated heterocycles. The van der Waals surface area contributed by atoms with Gasteiger partial charge in [-0.2, -0.15) is 0 Å². The summed E-state index contributed by atoms with van der Waals surface area (Å²) in [5.74, 6) is 1.34. The summed E-state index contributed by atoms with van der Waals surface area (Å²) < 4.78 is 4.59. The molecular formula is C12H23NO2. The summed E-state index contributed by atoms with van der Waals surface area (Å²) in [6.07, 6.45) is 7.28. The molecule has 88 valence electrons. The first-order valence-electron chi connectivity index (χ1n) is 5.97. The summed E-state index contributed by atoms with van der Waals surface area (Å²) in [5.41, 5.74) is 5.68. The largest absolute Gasteiger partial charge is 0.468 e. The monoisotopic (exact) mass is 213 g/mol. The molecule has 1 aliphatic rings. The molecule has 1 saturated carbocycles. The van der Waals surface area contributed by atoms with E-state index in [0.717, 1.165) is 18.8 Å². The number of hydrogen-bond acceptors (Lipinski definition) is 3. The maximum atomic E-state index is 11.1. The quantitative estimate of drug-likeness (QED) is 0.687. The van der Waals surface area contributed by atoms with Crippen molar-refractivity contribution < 1.29 is 9.53 Å². The molecule has 2 unspecified atom stereocenters. The lowest BCUT2D eigenvalue weighted by atomic mass is 9.78. The van der Waals surface area contributed by atoms with Crippen LogP contribution in [0.15, 0.2) is 0 Å². The van der Waals surface area contributed by atoms with E-state index in [1.165, 1.54) is 32.8 Å². The lowest BCUT2D eigenvalue weighted by molar-refractivity contribution is -0.142. The van der Waals surface area contributed by atoms with Crippen LogP contribution in [0.5, 0.6) is 0 Å². The predicted molar refractivity (Wildman–Crippen MR) is 60.3 cm³/mol. The maximum absolute atomic E-state index is 11.1. The molecule has 0 spiro atoms. The first-order chi connectivity index (χ1) is 7.13. The molecule has 3 heteroatoms. The average molecular weight is 213 g/mol. The third kappa shape index (κ3) is 4.20. The molecule has 0 aromatic heterocycles. The van der Waals surface area contributed by atoms with Gasteiger partial charge < -0.3 is 10.5 Å². The lowest BCUT2D eigenvalue weighted by Gasteiger charge is -2.28. The Balaban J connectivity index is 2.09. The Morgan fingerprint density at radius 1 is 1.47 bits per heavy atom. The molecule has 15 heavy (non-hydrogen) atoms. The Labute approximate surface area is 92.4 Å². The van der Waals surface area contributed by atoms with Crippen LogP contribution in [0.25, 0.3) is 0 Å². The number of carbonyl (C=O) groups is 1. The van der Waals surface area contributed by atoms with Crippen molar-refractivity contribution in [1.82, 2.24) is 0 Å². The van der Waals surface area contributed by atoms with E-state index >= 15 is 0 Å². The van der Waals surface area contributed by atoms with Gasteiger partial charge in [0.1, 0.15) is 6.04 Å². The molecule has 1 aliphatic carbocycles. The smallest absolute Gasteiger partial charge is 0.322 e. The fraction of sp³-hybridized carbons (Fsp3) is 0.917. The van der Waals surface area contributed by atoms with Crippen LogP contribution < -0.4 is 5.73 Å². The average Bonchev–Trinajstić information content (AvgIpc) is 2.18. The standard InChI is InChI=1S/C12H23NO2/c1-9(8-10-4-3-5-10)6-7-11(13)12(14)15-2/h9-11H,3-8,13H2,1-2H3. The molecule has 2 N–H and O–H groups in total. The first kappa shape index (κ1) is 12.5. The number of nitrogens with two attached hydrogens (primary N) is 1. The predicted octanol–water partition coefficient (Wildman–Crippen LogP) is 2.09. The number of rotatable bonds is 6. The van der Waals surface area contributed by atoms with E-state index < -0.39 is 6.04 Å². The van der Waals surface area contributed by atoms with Crippen molar-refractivity contribution in [2.75, 3.05) is 7.11 Å². The number of methoxy groups -OCH3 is 1. The molecule has 0 radical (unpaired) electrons. The van der Waals surface area contributed by atoms with Gasteiger partial charge in [0.15, 0.2) is 0 Å². The van der Waals surface area contributed by atoms with Crippen LogP contribution in [0, 0.1) is 11.8 Å². The number of ether oxygens (including phenoxy) is 1. The molecule has 0 bridgehead atoms. The van der Waals surface area contributed by atoms with Gasteiger partial charge in [-0.1, -0.05) is 26.2 Å². The van der Waals surface area contributed by atoms with Crippen LogP contribution in [0.1, 0.15) is 45.4 Å². The Morgan fingerprint density at radius 3 is 2.60 bits per heavy atom. The van der Waals surface area contributed by atoms with Crippen molar-refractivity contribution in [3.63, 3.8) is 0 Å². The molecule has 0 aromatic rings. The molecular weight excluding hydrogens is 190 g/mol. The first-order valence-corrected chi connectivity index (χ1v) is 5.97. The fourth-order valence-electron chi connectivity index (χ4n) is 2.15. The van der Waals surface area contributed by atoms with Gasteiger partial charge in [0.05, 0.1) is 7.11 Å². The number of esters is 1. The van der Waals surface area contributed by atoms with Crippen LogP contribution in [0.2, 0.25) is 0 Å². The summed E-state index contributed by atoms with van der Waals surface area (Å²) in [4.78, 5) is 11.1. The zero-order valence-electron chi connectivity index (χ0n) is 9.87. The Morgan fingerprint density at radius 2 is 2.13 bits per heavy atom. The van der Waals surface area contributed by atoms with Crippen molar-refractivity contribution in [1.29, 1.82) is 0 Å². The van der Waals surface area contributed by atoms with Crippen LogP contribution in [0.4, 0.5) is 0 Å². The van der Waals surface area contributed by atoms with Gasteiger partial charge in [-0.25, -0.2) is 0 Å². The molecule has 1 rings (SSSR count). The van der Waals surface area contributed by atoms with Crippen LogP contribution in [0.3, 0.4) is 0 Å². The van der Waals surface area contributed by atoms with Gasteiger partial charge in [-0.3, -0.25) is 4.79 Å². The second kappa shape index (κ2) is 6.11. The van der Waals surface area contributed by atoms with E-state index in [4.69, 9.17) is 5.73 Å². The molecule has 3 nitrogen and oxygen atoms in total. The molecule has 0 aliphatic heterocycles. The summed E-state index contributed by atoms with van der Waals surface area (Å²) >= 11 is 0. The van der Waals surface area contributed by atoms with Gasteiger partial charge in [-0.05, 0) is 31.1 Å². The molecule has 2 atom stereocenters. The minimum absolute atomic E-state index is 0.286. The fourth-order valence-corrected chi connectivity index (χ4v) is 2.15. The Kier molecular flexibility index (Phi) is 5.09. The van der Waals surface area contributed by atoms with E-state index in [9.17, 15) is 4.79 Å². The summed E-state index contributed by atoms with van der Waals surface area (Å²) in [6.45, 7) is 2.25. The Hall–Kier alpha value is -0.570.